The molecule has 0 spiro atoms. The molecule has 0 bridgehead atoms. The van der Waals surface area contributed by atoms with E-state index >= 15 is 0 Å². The Kier molecular flexibility index (Phi) is 27.2. The first-order chi connectivity index (χ1) is 4.77. The second-order valence-corrected chi connectivity index (χ2v) is 2.56. The fourth-order valence-corrected chi connectivity index (χ4v) is 0.880. The van der Waals surface area contributed by atoms with Crippen LogP contribution in [0.4, 0.5) is 0 Å². The molecule has 12 heavy (non-hydrogen) atoms. The molecule has 0 atom stereocenters. The Hall–Kier alpha value is 2.74. The molecule has 0 aromatic heterocycles. The third-order valence-corrected chi connectivity index (χ3v) is 1.49. The first kappa shape index (κ1) is 20.2. The number of carbonyl (C=O) groups is 1. The van der Waals surface area contributed by atoms with Crippen molar-refractivity contribution in [3.05, 3.63) is 0 Å². The third-order valence-electron chi connectivity index (χ3n) is 1.49. The number of hydrogen-bond donors (Lipinski definition) is 1. The molecule has 2 nitrogen and oxygen atoms in total. The number of carboxylic acid groups (broad SMARTS) is 1. The van der Waals surface area contributed by atoms with Gasteiger partial charge in [0.2, 0.25) is 0 Å². The summed E-state index contributed by atoms with van der Waals surface area (Å²) in [4.78, 5) is 10.0. The maximum absolute atomic E-state index is 10.0. The van der Waals surface area contributed by atoms with Crippen molar-refractivity contribution < 1.29 is 9.90 Å². The number of rotatable bonds is 6. The standard InChI is InChI=1S/C8H16O2.2K.2H/c1-2-3-4-5-6-7-8(9)10;;;;/h2-7H2,1H3,(H,9,10);;;;. The summed E-state index contributed by atoms with van der Waals surface area (Å²) in [7, 11) is 0. The van der Waals surface area contributed by atoms with E-state index in [1.54, 1.807) is 0 Å². The van der Waals surface area contributed by atoms with Crippen LogP contribution in [0.5, 0.6) is 0 Å². The van der Waals surface area contributed by atoms with Gasteiger partial charge in [-0.2, -0.15) is 0 Å². The van der Waals surface area contributed by atoms with Crippen LogP contribution in [0.15, 0.2) is 0 Å². The molecule has 0 saturated heterocycles. The van der Waals surface area contributed by atoms with Crippen LogP contribution in [-0.2, 0) is 4.79 Å². The Morgan fingerprint density at radius 2 is 1.58 bits per heavy atom. The Labute approximate surface area is 160 Å². The van der Waals surface area contributed by atoms with E-state index in [4.69, 9.17) is 5.11 Å². The molecule has 1 N–H and O–H groups in total. The van der Waals surface area contributed by atoms with Crippen molar-refractivity contribution in [1.29, 1.82) is 0 Å². The van der Waals surface area contributed by atoms with Crippen LogP contribution < -0.4 is 0 Å². The van der Waals surface area contributed by atoms with E-state index in [0.29, 0.717) is 6.42 Å². The van der Waals surface area contributed by atoms with Crippen LogP contribution in [-0.4, -0.2) is 114 Å². The zero-order chi connectivity index (χ0) is 7.82. The quantitative estimate of drug-likeness (QED) is 0.542. The van der Waals surface area contributed by atoms with Gasteiger partial charge in [0.05, 0.1) is 0 Å². The van der Waals surface area contributed by atoms with E-state index in [1.807, 2.05) is 0 Å². The van der Waals surface area contributed by atoms with E-state index in [9.17, 15) is 4.79 Å². The molecular weight excluding hydrogens is 206 g/mol. The third kappa shape index (κ3) is 18.5. The van der Waals surface area contributed by atoms with Crippen LogP contribution >= 0.6 is 0 Å². The van der Waals surface area contributed by atoms with Crippen LogP contribution in [0.3, 0.4) is 0 Å². The number of aliphatic carboxylic acids is 1. The molecule has 4 heteroatoms. The second kappa shape index (κ2) is 16.2. The van der Waals surface area contributed by atoms with Gasteiger partial charge in [0, 0.05) is 6.42 Å². The summed E-state index contributed by atoms with van der Waals surface area (Å²) < 4.78 is 0. The van der Waals surface area contributed by atoms with Crippen molar-refractivity contribution in [2.45, 2.75) is 45.4 Å². The van der Waals surface area contributed by atoms with Gasteiger partial charge < -0.3 is 5.11 Å². The molecule has 0 aliphatic rings. The van der Waals surface area contributed by atoms with Gasteiger partial charge >= 0.3 is 109 Å². The van der Waals surface area contributed by atoms with Crippen LogP contribution in [0.1, 0.15) is 45.4 Å². The van der Waals surface area contributed by atoms with Gasteiger partial charge in [0.1, 0.15) is 0 Å². The van der Waals surface area contributed by atoms with E-state index in [2.05, 4.69) is 6.92 Å². The molecule has 0 aromatic rings. The van der Waals surface area contributed by atoms with Gasteiger partial charge in [0.25, 0.3) is 0 Å². The molecule has 0 heterocycles. The summed E-state index contributed by atoms with van der Waals surface area (Å²) in [6.45, 7) is 2.15. The van der Waals surface area contributed by atoms with Crippen molar-refractivity contribution in [2.75, 3.05) is 0 Å². The van der Waals surface area contributed by atoms with E-state index in [1.165, 1.54) is 19.3 Å². The molecule has 0 aliphatic carbocycles. The van der Waals surface area contributed by atoms with Gasteiger partial charge in [-0.25, -0.2) is 0 Å². The van der Waals surface area contributed by atoms with Gasteiger partial charge in [0.15, 0.2) is 0 Å². The fourth-order valence-electron chi connectivity index (χ4n) is 0.880. The number of unbranched alkanes of at least 4 members (excludes halogenated alkanes) is 4. The van der Waals surface area contributed by atoms with Gasteiger partial charge in [-0.05, 0) is 6.42 Å². The molecule has 0 radical (unpaired) electrons. The molecule has 0 saturated carbocycles. The van der Waals surface area contributed by atoms with Crippen molar-refractivity contribution in [3.8, 4) is 0 Å². The molecule has 0 amide bonds. The Bertz CT molecular complexity index is 97.1. The monoisotopic (exact) mass is 224 g/mol. The first-order valence-corrected chi connectivity index (χ1v) is 3.99. The molecule has 64 valence electrons. The molecule has 0 fully saturated rings. The minimum absolute atomic E-state index is 0. The molecular formula is C8H18K2O2. The summed E-state index contributed by atoms with van der Waals surface area (Å²) in [5, 5.41) is 8.27. The van der Waals surface area contributed by atoms with Gasteiger partial charge in [-0.3, -0.25) is 4.79 Å². The number of hydrogen-bond acceptors (Lipinski definition) is 1. The van der Waals surface area contributed by atoms with E-state index < -0.39 is 5.97 Å². The normalized spacial score (nSPS) is 8.08. The SMILES string of the molecule is CCCCCCCC(=O)O.[KH].[KH]. The summed E-state index contributed by atoms with van der Waals surface area (Å²) in [6, 6.07) is 0. The summed E-state index contributed by atoms with van der Waals surface area (Å²) in [5.74, 6) is -0.670. The van der Waals surface area contributed by atoms with Crippen molar-refractivity contribution in [3.63, 3.8) is 0 Å². The molecule has 0 aliphatic heterocycles. The summed E-state index contributed by atoms with van der Waals surface area (Å²) >= 11 is 0. The predicted octanol–water partition coefficient (Wildman–Crippen LogP) is 1.13. The zero-order valence-electron chi connectivity index (χ0n) is 6.60. The van der Waals surface area contributed by atoms with Crippen molar-refractivity contribution in [1.82, 2.24) is 0 Å². The molecule has 0 rings (SSSR count). The molecule has 0 aromatic carbocycles. The van der Waals surface area contributed by atoms with E-state index in [-0.39, 0.29) is 103 Å². The van der Waals surface area contributed by atoms with Crippen LogP contribution in [0.25, 0.3) is 0 Å². The maximum atomic E-state index is 10.0. The van der Waals surface area contributed by atoms with Gasteiger partial charge in [-0.15, -0.1) is 0 Å². The van der Waals surface area contributed by atoms with Crippen LogP contribution in [0, 0.1) is 0 Å². The van der Waals surface area contributed by atoms with Crippen molar-refractivity contribution in [2.24, 2.45) is 0 Å². The topological polar surface area (TPSA) is 37.3 Å². The number of carboxylic acids is 1. The first-order valence-electron chi connectivity index (χ1n) is 3.99. The summed E-state index contributed by atoms with van der Waals surface area (Å²) in [6.07, 6.45) is 5.88. The molecule has 0 unspecified atom stereocenters. The zero-order valence-corrected chi connectivity index (χ0v) is 6.60. The summed E-state index contributed by atoms with van der Waals surface area (Å²) in [5.41, 5.74) is 0. The van der Waals surface area contributed by atoms with E-state index in [0.717, 1.165) is 12.8 Å². The van der Waals surface area contributed by atoms with Crippen LogP contribution in [0.2, 0.25) is 0 Å². The average molecular weight is 224 g/mol. The van der Waals surface area contributed by atoms with Gasteiger partial charge in [-0.1, -0.05) is 32.6 Å². The minimum atomic E-state index is -0.670. The van der Waals surface area contributed by atoms with Crippen molar-refractivity contribution >= 4 is 109 Å². The second-order valence-electron chi connectivity index (χ2n) is 2.56. The average Bonchev–Trinajstić information content (AvgIpc) is 1.87. The Morgan fingerprint density at radius 3 is 2.00 bits per heavy atom. The Balaban J connectivity index is -0.000000405. The fraction of sp³-hybridized carbons (Fsp3) is 0.875. The predicted molar refractivity (Wildman–Crippen MR) is 55.3 cm³/mol. The Morgan fingerprint density at radius 1 is 1.08 bits per heavy atom.